The molecule has 0 saturated carbocycles. The molecule has 0 bridgehead atoms. The lowest BCUT2D eigenvalue weighted by Gasteiger charge is -2.28. The molecule has 0 aliphatic heterocycles. The summed E-state index contributed by atoms with van der Waals surface area (Å²) in [5.74, 6) is -0.887. The van der Waals surface area contributed by atoms with Crippen molar-refractivity contribution in [1.29, 1.82) is 0 Å². The van der Waals surface area contributed by atoms with Crippen LogP contribution >= 0.6 is 22.7 Å². The van der Waals surface area contributed by atoms with Crippen molar-refractivity contribution in [3.63, 3.8) is 0 Å². The molecule has 0 spiro atoms. The number of hydrogen-bond acceptors (Lipinski definition) is 12. The zero-order valence-corrected chi connectivity index (χ0v) is 34.6. The number of rotatable bonds is 16. The predicted molar refractivity (Wildman–Crippen MR) is 206 cm³/mol. The topological polar surface area (TPSA) is 180 Å². The number of ketones is 1. The van der Waals surface area contributed by atoms with Gasteiger partial charge in [0, 0.05) is 35.7 Å². The number of Topliss-reactive ketones (excluding diaryl/α,β-unsaturated/α-hetero) is 1. The zero-order chi connectivity index (χ0) is 39.8. The molecule has 0 aromatic carbocycles. The molecule has 52 heavy (non-hydrogen) atoms. The number of aliphatic hydroxyl groups excluding tert-OH is 1. The molecule has 0 unspecified atom stereocenters. The van der Waals surface area contributed by atoms with Crippen LogP contribution in [0.25, 0.3) is 0 Å². The van der Waals surface area contributed by atoms with E-state index in [9.17, 15) is 29.1 Å². The van der Waals surface area contributed by atoms with Crippen molar-refractivity contribution >= 4 is 62.7 Å². The van der Waals surface area contributed by atoms with Crippen LogP contribution in [-0.2, 0) is 19.1 Å². The fraction of sp³-hybridized carbons (Fsp3) is 0.694. The lowest BCUT2D eigenvalue weighted by molar-refractivity contribution is -0.119. The van der Waals surface area contributed by atoms with E-state index in [0.29, 0.717) is 29.0 Å². The monoisotopic (exact) mass is 768 g/mol. The van der Waals surface area contributed by atoms with Gasteiger partial charge in [-0.2, -0.15) is 0 Å². The van der Waals surface area contributed by atoms with Crippen LogP contribution in [-0.4, -0.2) is 92.0 Å². The van der Waals surface area contributed by atoms with Gasteiger partial charge in [-0.25, -0.2) is 19.6 Å². The highest BCUT2D eigenvalue weighted by Gasteiger charge is 2.27. The van der Waals surface area contributed by atoms with E-state index in [1.807, 2.05) is 34.6 Å². The minimum Gasteiger partial charge on any atom is -0.444 e. The molecule has 0 saturated heterocycles. The quantitative estimate of drug-likeness (QED) is 0.143. The minimum absolute atomic E-state index is 0.0935. The lowest BCUT2D eigenvalue weighted by Crippen LogP contribution is -2.40. The first kappa shape index (κ1) is 46.4. The van der Waals surface area contributed by atoms with Gasteiger partial charge in [-0.05, 0) is 54.4 Å². The molecule has 4 amide bonds. The summed E-state index contributed by atoms with van der Waals surface area (Å²) in [6.45, 7) is 22.9. The van der Waals surface area contributed by atoms with Gasteiger partial charge >= 0.3 is 12.2 Å². The Labute approximate surface area is 317 Å². The first-order valence-corrected chi connectivity index (χ1v) is 19.5. The largest absolute Gasteiger partial charge is 0.444 e. The lowest BCUT2D eigenvalue weighted by atomic mass is 10.2. The van der Waals surface area contributed by atoms with Crippen molar-refractivity contribution in [1.82, 2.24) is 19.8 Å². The Morgan fingerprint density at radius 3 is 1.65 bits per heavy atom. The van der Waals surface area contributed by atoms with Crippen LogP contribution in [0, 0.1) is 11.8 Å². The van der Waals surface area contributed by atoms with Gasteiger partial charge in [0.2, 0.25) is 17.6 Å². The van der Waals surface area contributed by atoms with Crippen LogP contribution in [0.3, 0.4) is 0 Å². The summed E-state index contributed by atoms with van der Waals surface area (Å²) < 4.78 is 10.8. The third-order valence-electron chi connectivity index (χ3n) is 6.76. The summed E-state index contributed by atoms with van der Waals surface area (Å²) in [6, 6.07) is 0. The van der Waals surface area contributed by atoms with E-state index < -0.39 is 29.5 Å². The Bertz CT molecular complexity index is 1440. The van der Waals surface area contributed by atoms with Crippen LogP contribution in [0.4, 0.5) is 19.9 Å². The van der Waals surface area contributed by atoms with Crippen LogP contribution < -0.4 is 10.6 Å². The third-order valence-corrected chi connectivity index (χ3v) is 8.29. The van der Waals surface area contributed by atoms with Gasteiger partial charge in [-0.3, -0.25) is 14.4 Å². The van der Waals surface area contributed by atoms with Crippen LogP contribution in [0.2, 0.25) is 0 Å². The zero-order valence-electron chi connectivity index (χ0n) is 33.0. The fourth-order valence-electron chi connectivity index (χ4n) is 3.85. The highest BCUT2D eigenvalue weighted by Crippen LogP contribution is 2.23. The summed E-state index contributed by atoms with van der Waals surface area (Å²) >= 11 is 2.44. The van der Waals surface area contributed by atoms with Crippen molar-refractivity contribution < 1.29 is 38.6 Å². The molecular weight excluding hydrogens is 709 g/mol. The number of carbonyl (C=O) groups excluding carboxylic acids is 5. The maximum absolute atomic E-state index is 12.5. The summed E-state index contributed by atoms with van der Waals surface area (Å²) in [5, 5.41) is 20.0. The minimum atomic E-state index is -0.944. The Balaban J connectivity index is 0.000000520. The number of nitrogens with one attached hydrogen (secondary N) is 2. The van der Waals surface area contributed by atoms with E-state index in [4.69, 9.17) is 9.47 Å². The molecule has 0 aliphatic rings. The number of hydrogen-bond donors (Lipinski definition) is 3. The van der Waals surface area contributed by atoms with E-state index in [1.165, 1.54) is 32.5 Å². The molecule has 2 heterocycles. The average molecular weight is 769 g/mol. The number of nitrogens with zero attached hydrogens (tertiary/aromatic N) is 4. The third kappa shape index (κ3) is 18.2. The Hall–Kier alpha value is -3.63. The Kier molecular flexibility index (Phi) is 19.4. The second-order valence-electron chi connectivity index (χ2n) is 14.9. The fourth-order valence-corrected chi connectivity index (χ4v) is 5.33. The van der Waals surface area contributed by atoms with Crippen LogP contribution in [0.5, 0.6) is 0 Å². The molecule has 2 rings (SSSR count). The number of carbonyl (C=O) groups is 5. The molecule has 3 N–H and O–H groups in total. The van der Waals surface area contributed by atoms with Crippen molar-refractivity contribution in [2.75, 3.05) is 36.8 Å². The number of amides is 4. The second kappa shape index (κ2) is 21.8. The van der Waals surface area contributed by atoms with Crippen molar-refractivity contribution in [2.45, 2.75) is 126 Å². The average Bonchev–Trinajstić information content (AvgIpc) is 3.69. The van der Waals surface area contributed by atoms with E-state index in [2.05, 4.69) is 20.6 Å². The van der Waals surface area contributed by atoms with Gasteiger partial charge in [-0.15, -0.1) is 22.7 Å². The summed E-state index contributed by atoms with van der Waals surface area (Å²) in [7, 11) is 0. The second-order valence-corrected chi connectivity index (χ2v) is 16.6. The molecule has 14 nitrogen and oxygen atoms in total. The van der Waals surface area contributed by atoms with E-state index in [1.54, 1.807) is 59.2 Å². The molecule has 2 aromatic heterocycles. The van der Waals surface area contributed by atoms with E-state index >= 15 is 0 Å². The normalized spacial score (nSPS) is 12.1. The first-order chi connectivity index (χ1) is 24.1. The maximum atomic E-state index is 12.5. The predicted octanol–water partition coefficient (Wildman–Crippen LogP) is 7.77. The highest BCUT2D eigenvalue weighted by molar-refractivity contribution is 7.14. The van der Waals surface area contributed by atoms with Crippen molar-refractivity contribution in [3.05, 3.63) is 22.1 Å². The van der Waals surface area contributed by atoms with Gasteiger partial charge in [0.25, 0.3) is 0 Å². The van der Waals surface area contributed by atoms with Gasteiger partial charge in [0.05, 0.1) is 18.8 Å². The molecular formula is C36H60N6O8S2. The highest BCUT2D eigenvalue weighted by atomic mass is 32.1. The number of ether oxygens (including phenoxy) is 2. The van der Waals surface area contributed by atoms with Gasteiger partial charge in [0.15, 0.2) is 10.3 Å². The SMILES string of the molecule is CCCCN(CC(=O)c1csc(NC(=O)C(C)C)n1)C(=O)OC(C)(C)C.CCCCN(C[C@H](O)c1csc(NC(=O)C(C)C)n1)C(=O)OC(C)(C)C. The van der Waals surface area contributed by atoms with Gasteiger partial charge < -0.3 is 35.0 Å². The summed E-state index contributed by atoms with van der Waals surface area (Å²) in [6.07, 6.45) is 1.52. The maximum Gasteiger partial charge on any atom is 0.410 e. The standard InChI is InChI=1S/C18H31N3O4S.C18H29N3O4S/c2*1-7-8-9-21(17(24)25-18(4,5)6)10-14(22)13-11-26-16(19-13)20-15(23)12(2)3/h11-12,14,22H,7-10H2,1-6H3,(H,19,20,23);11-12H,7-10H2,1-6H3,(H,19,20,23)/t14-;/m0./s1. The summed E-state index contributed by atoms with van der Waals surface area (Å²) in [4.78, 5) is 72.0. The number of thiazole rings is 2. The van der Waals surface area contributed by atoms with E-state index in [0.717, 1.165) is 25.7 Å². The molecule has 1 atom stereocenters. The molecule has 294 valence electrons. The number of anilines is 2. The van der Waals surface area contributed by atoms with Gasteiger partial charge in [0.1, 0.15) is 23.0 Å². The molecule has 0 fully saturated rings. The molecule has 0 radical (unpaired) electrons. The smallest absolute Gasteiger partial charge is 0.410 e. The Morgan fingerprint density at radius 1 is 0.750 bits per heavy atom. The van der Waals surface area contributed by atoms with Crippen LogP contribution in [0.15, 0.2) is 10.8 Å². The number of aliphatic hydroxyl groups is 1. The van der Waals surface area contributed by atoms with Crippen molar-refractivity contribution in [2.24, 2.45) is 11.8 Å². The van der Waals surface area contributed by atoms with Crippen LogP contribution in [0.1, 0.15) is 131 Å². The number of aromatic nitrogens is 2. The Morgan fingerprint density at radius 2 is 1.19 bits per heavy atom. The van der Waals surface area contributed by atoms with E-state index in [-0.39, 0.29) is 48.2 Å². The summed E-state index contributed by atoms with van der Waals surface area (Å²) in [5.41, 5.74) is -0.556. The van der Waals surface area contributed by atoms with Gasteiger partial charge in [-0.1, -0.05) is 54.4 Å². The molecule has 16 heteroatoms. The molecule has 0 aliphatic carbocycles. The number of unbranched alkanes of at least 4 members (excludes halogenated alkanes) is 2. The first-order valence-electron chi connectivity index (χ1n) is 17.8. The van der Waals surface area contributed by atoms with Crippen molar-refractivity contribution in [3.8, 4) is 0 Å². The molecule has 2 aromatic rings.